The third kappa shape index (κ3) is 3.40. The van der Waals surface area contributed by atoms with Crippen LogP contribution in [0, 0.1) is 0 Å². The summed E-state index contributed by atoms with van der Waals surface area (Å²) in [6.45, 7) is 3.89. The van der Waals surface area contributed by atoms with E-state index in [-0.39, 0.29) is 0 Å². The van der Waals surface area contributed by atoms with Gasteiger partial charge in [-0.3, -0.25) is 0 Å². The highest BCUT2D eigenvalue weighted by molar-refractivity contribution is 9.11. The first kappa shape index (κ1) is 13.7. The lowest BCUT2D eigenvalue weighted by Gasteiger charge is -2.03. The fraction of sp³-hybridized carbons (Fsp3) is 0.333. The Morgan fingerprint density at radius 1 is 1.33 bits per heavy atom. The summed E-state index contributed by atoms with van der Waals surface area (Å²) in [6, 6.07) is 5.97. The van der Waals surface area contributed by atoms with Crippen LogP contribution in [0.2, 0.25) is 0 Å². The van der Waals surface area contributed by atoms with Crippen LogP contribution in [0.15, 0.2) is 33.3 Å². The van der Waals surface area contributed by atoms with Gasteiger partial charge in [-0.2, -0.15) is 0 Å². The highest BCUT2D eigenvalue weighted by atomic mass is 79.9. The van der Waals surface area contributed by atoms with E-state index in [1.165, 1.54) is 0 Å². The number of halogens is 2. The number of hydrogen-bond donors (Lipinski definition) is 1. The number of hydrogen-bond acceptors (Lipinski definition) is 3. The van der Waals surface area contributed by atoms with Crippen molar-refractivity contribution in [2.45, 2.75) is 19.9 Å². The van der Waals surface area contributed by atoms with E-state index < -0.39 is 0 Å². The summed E-state index contributed by atoms with van der Waals surface area (Å²) in [5.41, 5.74) is 1.92. The van der Waals surface area contributed by atoms with Crippen LogP contribution in [0.3, 0.4) is 0 Å². The number of nitrogens with zero attached hydrogens (tertiary/aromatic N) is 3. The van der Waals surface area contributed by atoms with Gasteiger partial charge in [0, 0.05) is 15.5 Å². The summed E-state index contributed by atoms with van der Waals surface area (Å²) in [6.07, 6.45) is 3.06. The zero-order valence-corrected chi connectivity index (χ0v) is 13.2. The molecular weight excluding hydrogens is 360 g/mol. The molecular formula is C12H14Br2N4. The molecule has 0 aliphatic carbocycles. The van der Waals surface area contributed by atoms with E-state index >= 15 is 0 Å². The minimum Gasteiger partial charge on any atom is -0.311 e. The van der Waals surface area contributed by atoms with Crippen molar-refractivity contribution in [3.63, 3.8) is 0 Å². The molecule has 0 fully saturated rings. The van der Waals surface area contributed by atoms with Crippen LogP contribution in [0.4, 0.5) is 0 Å². The van der Waals surface area contributed by atoms with Crippen molar-refractivity contribution in [1.29, 1.82) is 0 Å². The van der Waals surface area contributed by atoms with Gasteiger partial charge < -0.3 is 5.32 Å². The fourth-order valence-electron chi connectivity index (χ4n) is 1.56. The first-order valence-corrected chi connectivity index (χ1v) is 7.36. The van der Waals surface area contributed by atoms with E-state index in [4.69, 9.17) is 0 Å². The van der Waals surface area contributed by atoms with Gasteiger partial charge >= 0.3 is 0 Å². The molecule has 0 saturated heterocycles. The quantitative estimate of drug-likeness (QED) is 0.817. The first-order valence-electron chi connectivity index (χ1n) is 5.78. The number of aromatic nitrogens is 3. The molecule has 0 spiro atoms. The second kappa shape index (κ2) is 6.45. The minimum absolute atomic E-state index is 0.752. The Morgan fingerprint density at radius 2 is 2.17 bits per heavy atom. The molecule has 96 valence electrons. The van der Waals surface area contributed by atoms with Gasteiger partial charge in [-0.05, 0) is 47.1 Å². The Hall–Kier alpha value is -0.720. The van der Waals surface area contributed by atoms with Crippen LogP contribution in [-0.2, 0) is 6.54 Å². The van der Waals surface area contributed by atoms with Crippen molar-refractivity contribution in [2.24, 2.45) is 0 Å². The van der Waals surface area contributed by atoms with Crippen molar-refractivity contribution in [1.82, 2.24) is 20.3 Å². The maximum atomic E-state index is 4.15. The van der Waals surface area contributed by atoms with E-state index in [9.17, 15) is 0 Å². The molecule has 0 aliphatic rings. The highest BCUT2D eigenvalue weighted by Gasteiger charge is 2.06. The summed E-state index contributed by atoms with van der Waals surface area (Å²) in [5, 5.41) is 11.6. The number of rotatable bonds is 5. The molecule has 2 rings (SSSR count). The zero-order valence-electron chi connectivity index (χ0n) is 10.0. The van der Waals surface area contributed by atoms with Crippen LogP contribution in [-0.4, -0.2) is 21.5 Å². The molecule has 0 atom stereocenters. The van der Waals surface area contributed by atoms with Gasteiger partial charge in [0.1, 0.15) is 0 Å². The summed E-state index contributed by atoms with van der Waals surface area (Å²) in [7, 11) is 0. The fourth-order valence-corrected chi connectivity index (χ4v) is 2.79. The molecule has 1 aromatic heterocycles. The topological polar surface area (TPSA) is 42.7 Å². The molecule has 1 heterocycles. The molecule has 6 heteroatoms. The second-order valence-corrected chi connectivity index (χ2v) is 5.70. The van der Waals surface area contributed by atoms with Crippen LogP contribution < -0.4 is 5.32 Å². The van der Waals surface area contributed by atoms with Crippen molar-refractivity contribution >= 4 is 31.9 Å². The predicted molar refractivity (Wildman–Crippen MR) is 78.8 cm³/mol. The molecule has 0 aliphatic heterocycles. The average Bonchev–Trinajstić information content (AvgIpc) is 2.78. The van der Waals surface area contributed by atoms with Gasteiger partial charge in [0.2, 0.25) is 0 Å². The largest absolute Gasteiger partial charge is 0.311 e. The predicted octanol–water partition coefficient (Wildman–Crippen LogP) is 3.29. The van der Waals surface area contributed by atoms with Crippen molar-refractivity contribution in [2.75, 3.05) is 6.54 Å². The van der Waals surface area contributed by atoms with Gasteiger partial charge in [-0.25, -0.2) is 4.68 Å². The normalized spacial score (nSPS) is 10.8. The van der Waals surface area contributed by atoms with E-state index in [1.807, 2.05) is 24.4 Å². The molecule has 0 amide bonds. The van der Waals surface area contributed by atoms with Crippen molar-refractivity contribution < 1.29 is 0 Å². The lowest BCUT2D eigenvalue weighted by Crippen LogP contribution is -2.13. The Morgan fingerprint density at radius 3 is 2.89 bits per heavy atom. The lowest BCUT2D eigenvalue weighted by molar-refractivity contribution is 0.662. The van der Waals surface area contributed by atoms with Gasteiger partial charge in [0.25, 0.3) is 0 Å². The summed E-state index contributed by atoms with van der Waals surface area (Å²) in [4.78, 5) is 0. The van der Waals surface area contributed by atoms with Gasteiger partial charge in [-0.1, -0.05) is 28.1 Å². The molecule has 0 radical (unpaired) electrons. The lowest BCUT2D eigenvalue weighted by atomic mass is 10.3. The van der Waals surface area contributed by atoms with Gasteiger partial charge in [0.05, 0.1) is 17.6 Å². The summed E-state index contributed by atoms with van der Waals surface area (Å²) < 4.78 is 3.79. The molecule has 4 nitrogen and oxygen atoms in total. The average molecular weight is 374 g/mol. The van der Waals surface area contributed by atoms with Crippen molar-refractivity contribution in [3.05, 3.63) is 39.0 Å². The zero-order chi connectivity index (χ0) is 13.0. The Kier molecular flexibility index (Phi) is 4.91. The summed E-state index contributed by atoms with van der Waals surface area (Å²) >= 11 is 6.95. The maximum absolute atomic E-state index is 4.15. The van der Waals surface area contributed by atoms with E-state index in [0.717, 1.165) is 39.8 Å². The minimum atomic E-state index is 0.752. The molecule has 2 aromatic rings. The SMILES string of the molecule is CCCNCc1cn(-c2ccc(Br)cc2Br)nn1. The van der Waals surface area contributed by atoms with Gasteiger partial charge in [0.15, 0.2) is 0 Å². The number of benzene rings is 1. The molecule has 0 unspecified atom stereocenters. The molecule has 0 bridgehead atoms. The maximum Gasteiger partial charge on any atom is 0.0969 e. The van der Waals surface area contributed by atoms with Gasteiger partial charge in [-0.15, -0.1) is 5.10 Å². The van der Waals surface area contributed by atoms with Crippen LogP contribution in [0.25, 0.3) is 5.69 Å². The smallest absolute Gasteiger partial charge is 0.0969 e. The Balaban J connectivity index is 2.13. The monoisotopic (exact) mass is 372 g/mol. The first-order chi connectivity index (χ1) is 8.70. The van der Waals surface area contributed by atoms with E-state index in [1.54, 1.807) is 4.68 Å². The summed E-state index contributed by atoms with van der Waals surface area (Å²) in [5.74, 6) is 0. The van der Waals surface area contributed by atoms with E-state index in [0.29, 0.717) is 0 Å². The second-order valence-electron chi connectivity index (χ2n) is 3.93. The molecule has 0 saturated carbocycles. The Labute approximate surface area is 123 Å². The van der Waals surface area contributed by atoms with Crippen LogP contribution in [0.1, 0.15) is 19.0 Å². The van der Waals surface area contributed by atoms with E-state index in [2.05, 4.69) is 54.4 Å². The van der Waals surface area contributed by atoms with Crippen LogP contribution >= 0.6 is 31.9 Å². The third-order valence-corrected chi connectivity index (χ3v) is 3.56. The Bertz CT molecular complexity index is 525. The molecule has 1 N–H and O–H groups in total. The number of nitrogens with one attached hydrogen (secondary N) is 1. The highest BCUT2D eigenvalue weighted by Crippen LogP contribution is 2.24. The third-order valence-electron chi connectivity index (χ3n) is 2.43. The van der Waals surface area contributed by atoms with Crippen LogP contribution in [0.5, 0.6) is 0 Å². The van der Waals surface area contributed by atoms with Crippen molar-refractivity contribution in [3.8, 4) is 5.69 Å². The molecule has 1 aromatic carbocycles. The molecule has 18 heavy (non-hydrogen) atoms. The standard InChI is InChI=1S/C12H14Br2N4/c1-2-5-15-7-10-8-18(17-16-10)12-4-3-9(13)6-11(12)14/h3-4,6,8,15H,2,5,7H2,1H3.